The number of halogens is 7. The minimum Gasteiger partial charge on any atom is -0.475 e. The smallest absolute Gasteiger partial charge is 0.475 e. The molecule has 47 heavy (non-hydrogen) atoms. The molecular formula is C28H28F7N7O5. The Hall–Kier alpha value is -4.78. The van der Waals surface area contributed by atoms with E-state index in [0.29, 0.717) is 74.9 Å². The van der Waals surface area contributed by atoms with Gasteiger partial charge < -0.3 is 25.0 Å². The van der Waals surface area contributed by atoms with Crippen molar-refractivity contribution >= 4 is 29.4 Å². The van der Waals surface area contributed by atoms with Crippen molar-refractivity contribution in [2.45, 2.75) is 18.9 Å². The first-order chi connectivity index (χ1) is 22.1. The van der Waals surface area contributed by atoms with Crippen LogP contribution in [0.4, 0.5) is 42.4 Å². The summed E-state index contributed by atoms with van der Waals surface area (Å²) in [5, 5.41) is 16.9. The van der Waals surface area contributed by atoms with Crippen LogP contribution in [0.1, 0.15) is 32.0 Å². The molecule has 2 fully saturated rings. The second-order valence-corrected chi connectivity index (χ2v) is 10.3. The summed E-state index contributed by atoms with van der Waals surface area (Å²) in [5.74, 6) is -4.20. The van der Waals surface area contributed by atoms with Gasteiger partial charge in [-0.05, 0) is 24.3 Å². The van der Waals surface area contributed by atoms with Crippen LogP contribution >= 0.6 is 0 Å². The summed E-state index contributed by atoms with van der Waals surface area (Å²) in [4.78, 5) is 44.7. The van der Waals surface area contributed by atoms with E-state index in [1.807, 2.05) is 4.90 Å². The number of carboxylic acids is 1. The number of morpholine rings is 1. The number of hydrogen-bond donors (Lipinski definition) is 3. The molecule has 0 bridgehead atoms. The lowest BCUT2D eigenvalue weighted by Crippen LogP contribution is -2.48. The van der Waals surface area contributed by atoms with Gasteiger partial charge in [0.2, 0.25) is 0 Å². The van der Waals surface area contributed by atoms with Crippen LogP contribution in [-0.2, 0) is 22.3 Å². The van der Waals surface area contributed by atoms with Crippen molar-refractivity contribution in [3.63, 3.8) is 0 Å². The summed E-state index contributed by atoms with van der Waals surface area (Å²) < 4.78 is 90.9. The fraction of sp³-hybridized carbons (Fsp3) is 0.393. The molecule has 0 saturated carbocycles. The predicted octanol–water partition coefficient (Wildman–Crippen LogP) is 3.77. The van der Waals surface area contributed by atoms with Crippen LogP contribution in [0.2, 0.25) is 0 Å². The third-order valence-corrected chi connectivity index (χ3v) is 7.01. The van der Waals surface area contributed by atoms with E-state index >= 15 is 0 Å². The van der Waals surface area contributed by atoms with Gasteiger partial charge in [-0.3, -0.25) is 19.6 Å². The maximum atomic E-state index is 14.5. The summed E-state index contributed by atoms with van der Waals surface area (Å²) in [6, 6.07) is 7.83. The van der Waals surface area contributed by atoms with Crippen molar-refractivity contribution in [1.29, 1.82) is 0 Å². The number of anilines is 2. The lowest BCUT2D eigenvalue weighted by molar-refractivity contribution is -0.192. The number of carbonyl (C=O) groups is 3. The van der Waals surface area contributed by atoms with Gasteiger partial charge in [0.1, 0.15) is 17.5 Å². The van der Waals surface area contributed by atoms with Crippen molar-refractivity contribution in [3.8, 4) is 0 Å². The lowest BCUT2D eigenvalue weighted by atomic mass is 10.1. The van der Waals surface area contributed by atoms with Crippen molar-refractivity contribution in [3.05, 3.63) is 70.8 Å². The van der Waals surface area contributed by atoms with E-state index in [1.165, 1.54) is 4.90 Å². The Bertz CT molecular complexity index is 1550. The first kappa shape index (κ1) is 35.1. The summed E-state index contributed by atoms with van der Waals surface area (Å²) in [5.41, 5.74) is -0.990. The zero-order valence-electron chi connectivity index (χ0n) is 24.4. The van der Waals surface area contributed by atoms with Crippen LogP contribution in [0.5, 0.6) is 0 Å². The molecule has 3 aromatic rings. The average molecular weight is 676 g/mol. The Labute approximate surface area is 262 Å². The fourth-order valence-electron chi connectivity index (χ4n) is 4.69. The molecule has 0 atom stereocenters. The Kier molecular flexibility index (Phi) is 11.0. The van der Waals surface area contributed by atoms with E-state index < -0.39 is 41.2 Å². The average Bonchev–Trinajstić information content (AvgIpc) is 3.53. The Balaban J connectivity index is 0.000000644. The number of benzene rings is 1. The highest BCUT2D eigenvalue weighted by Crippen LogP contribution is 2.33. The number of ether oxygens (including phenoxy) is 1. The number of aromatic amines is 1. The number of carbonyl (C=O) groups excluding carboxylic acids is 2. The molecule has 3 N–H and O–H groups in total. The van der Waals surface area contributed by atoms with Crippen LogP contribution in [0, 0.1) is 5.82 Å². The molecule has 0 unspecified atom stereocenters. The number of hydrogen-bond acceptors (Lipinski definition) is 8. The summed E-state index contributed by atoms with van der Waals surface area (Å²) >= 11 is 0. The van der Waals surface area contributed by atoms with Crippen molar-refractivity contribution in [2.75, 3.05) is 57.8 Å². The summed E-state index contributed by atoms with van der Waals surface area (Å²) in [7, 11) is 0. The second-order valence-electron chi connectivity index (χ2n) is 10.3. The number of pyridine rings is 1. The SMILES string of the molecule is O=C(O)C(F)(F)F.O=C(c1cc(CN2CCN(C(=O)c3cccc(C(F)(F)F)c3F)CC2)nc(Nc2ccn[nH]2)c1)N1CCOCC1. The first-order valence-corrected chi connectivity index (χ1v) is 14.0. The fourth-order valence-corrected chi connectivity index (χ4v) is 4.69. The Morgan fingerprint density at radius 1 is 0.915 bits per heavy atom. The molecule has 0 aliphatic carbocycles. The minimum atomic E-state index is -5.08. The number of H-pyrrole nitrogens is 1. The summed E-state index contributed by atoms with van der Waals surface area (Å²) in [6.07, 6.45) is -8.40. The highest BCUT2D eigenvalue weighted by atomic mass is 19.4. The maximum Gasteiger partial charge on any atom is 0.490 e. The van der Waals surface area contributed by atoms with Crippen molar-refractivity contribution in [1.82, 2.24) is 29.9 Å². The minimum absolute atomic E-state index is 0.141. The maximum absolute atomic E-state index is 14.5. The molecule has 12 nitrogen and oxygen atoms in total. The van der Waals surface area contributed by atoms with Crippen LogP contribution < -0.4 is 5.32 Å². The van der Waals surface area contributed by atoms with E-state index in [1.54, 1.807) is 29.3 Å². The zero-order valence-corrected chi connectivity index (χ0v) is 24.4. The van der Waals surface area contributed by atoms with E-state index in [9.17, 15) is 40.3 Å². The third kappa shape index (κ3) is 9.38. The molecule has 2 saturated heterocycles. The van der Waals surface area contributed by atoms with E-state index in [2.05, 4.69) is 20.5 Å². The van der Waals surface area contributed by atoms with Gasteiger partial charge in [-0.2, -0.15) is 31.4 Å². The van der Waals surface area contributed by atoms with Crippen LogP contribution in [0.3, 0.4) is 0 Å². The topological polar surface area (TPSA) is 144 Å². The normalized spacial score (nSPS) is 15.9. The molecule has 254 valence electrons. The van der Waals surface area contributed by atoms with Gasteiger partial charge in [-0.25, -0.2) is 14.2 Å². The Morgan fingerprint density at radius 2 is 1.55 bits per heavy atom. The van der Waals surface area contributed by atoms with Gasteiger partial charge >= 0.3 is 18.3 Å². The Morgan fingerprint density at radius 3 is 2.13 bits per heavy atom. The van der Waals surface area contributed by atoms with Crippen LogP contribution in [0.25, 0.3) is 0 Å². The number of aliphatic carboxylic acids is 1. The van der Waals surface area contributed by atoms with Gasteiger partial charge in [0.25, 0.3) is 11.8 Å². The van der Waals surface area contributed by atoms with Gasteiger partial charge in [0, 0.05) is 57.4 Å². The monoisotopic (exact) mass is 675 g/mol. The highest BCUT2D eigenvalue weighted by molar-refractivity contribution is 5.95. The van der Waals surface area contributed by atoms with Crippen molar-refractivity contribution < 1.29 is 55.0 Å². The number of nitrogens with one attached hydrogen (secondary N) is 2. The number of nitrogens with zero attached hydrogens (tertiary/aromatic N) is 5. The lowest BCUT2D eigenvalue weighted by Gasteiger charge is -2.35. The molecule has 19 heteroatoms. The number of piperazine rings is 1. The molecule has 2 aliphatic heterocycles. The largest absolute Gasteiger partial charge is 0.490 e. The van der Waals surface area contributed by atoms with E-state index in [0.717, 1.165) is 12.1 Å². The molecule has 2 amide bonds. The van der Waals surface area contributed by atoms with Gasteiger partial charge in [-0.1, -0.05) is 6.07 Å². The number of amides is 2. The second kappa shape index (κ2) is 14.8. The van der Waals surface area contributed by atoms with Gasteiger partial charge in [-0.15, -0.1) is 0 Å². The number of carboxylic acid groups (broad SMARTS) is 1. The molecule has 5 rings (SSSR count). The molecule has 0 spiro atoms. The third-order valence-electron chi connectivity index (χ3n) is 7.01. The molecular weight excluding hydrogens is 647 g/mol. The molecule has 1 aromatic carbocycles. The van der Waals surface area contributed by atoms with E-state index in [-0.39, 0.29) is 19.0 Å². The van der Waals surface area contributed by atoms with Crippen LogP contribution in [-0.4, -0.2) is 111 Å². The summed E-state index contributed by atoms with van der Waals surface area (Å²) in [6.45, 7) is 3.44. The molecule has 0 radical (unpaired) electrons. The predicted molar refractivity (Wildman–Crippen MR) is 149 cm³/mol. The molecule has 2 aliphatic rings. The first-order valence-electron chi connectivity index (χ1n) is 14.0. The highest BCUT2D eigenvalue weighted by Gasteiger charge is 2.38. The van der Waals surface area contributed by atoms with Gasteiger partial charge in [0.05, 0.1) is 36.2 Å². The number of alkyl halides is 6. The van der Waals surface area contributed by atoms with E-state index in [4.69, 9.17) is 14.6 Å². The van der Waals surface area contributed by atoms with Crippen molar-refractivity contribution in [2.24, 2.45) is 0 Å². The molecule has 2 aromatic heterocycles. The standard InChI is InChI=1S/C26H27F4N7O3.C2HF3O2/c27-23-19(2-1-3-20(23)26(28,29)30)25(39)36-8-6-35(7-9-36)16-18-14-17(24(38)37-10-12-40-13-11-37)15-22(32-18)33-21-4-5-31-34-21;3-2(4,5)1(6)7/h1-5,14-15H,6-13,16H2,(H2,31,32,33,34);(H,6,7). The number of aromatic nitrogens is 3. The quantitative estimate of drug-likeness (QED) is 0.333. The molecule has 4 heterocycles. The van der Waals surface area contributed by atoms with Crippen LogP contribution in [0.15, 0.2) is 42.6 Å². The number of rotatable bonds is 6. The zero-order chi connectivity index (χ0) is 34.4. The van der Waals surface area contributed by atoms with Gasteiger partial charge in [0.15, 0.2) is 0 Å².